The molecule has 2 fully saturated rings. The molecule has 0 spiro atoms. The molecule has 4 nitrogen and oxygen atoms in total. The highest BCUT2D eigenvalue weighted by molar-refractivity contribution is 4.77. The third kappa shape index (κ3) is 3.72. The maximum atomic E-state index is 3.68. The summed E-state index contributed by atoms with van der Waals surface area (Å²) < 4.78 is 0. The van der Waals surface area contributed by atoms with Gasteiger partial charge in [-0.25, -0.2) is 0 Å². The third-order valence-corrected chi connectivity index (χ3v) is 3.44. The molecule has 15 heavy (non-hydrogen) atoms. The van der Waals surface area contributed by atoms with Gasteiger partial charge in [0, 0.05) is 45.4 Å². The Morgan fingerprint density at radius 1 is 1.27 bits per heavy atom. The average molecular weight is 212 g/mol. The van der Waals surface area contributed by atoms with E-state index in [0.717, 1.165) is 19.8 Å². The van der Waals surface area contributed by atoms with E-state index in [0.29, 0.717) is 6.04 Å². The molecule has 1 atom stereocenters. The summed E-state index contributed by atoms with van der Waals surface area (Å²) in [5, 5.41) is 7.06. The molecule has 2 N–H and O–H groups in total. The van der Waals surface area contributed by atoms with Crippen LogP contribution in [-0.4, -0.2) is 68.8 Å². The lowest BCUT2D eigenvalue weighted by atomic mass is 10.1. The number of hydrogen-bond donors (Lipinski definition) is 2. The van der Waals surface area contributed by atoms with Crippen molar-refractivity contribution >= 4 is 0 Å². The summed E-state index contributed by atoms with van der Waals surface area (Å²) in [5.74, 6) is 0. The molecule has 0 aromatic carbocycles. The summed E-state index contributed by atoms with van der Waals surface area (Å²) in [4.78, 5) is 4.93. The van der Waals surface area contributed by atoms with Crippen LogP contribution in [0.1, 0.15) is 12.8 Å². The Kier molecular flexibility index (Phi) is 4.38. The Bertz CT molecular complexity index is 179. The van der Waals surface area contributed by atoms with Gasteiger partial charge in [-0.2, -0.15) is 0 Å². The van der Waals surface area contributed by atoms with Gasteiger partial charge in [0.1, 0.15) is 0 Å². The van der Waals surface area contributed by atoms with Crippen LogP contribution >= 0.6 is 0 Å². The summed E-state index contributed by atoms with van der Waals surface area (Å²) in [5.41, 5.74) is 0. The number of rotatable bonds is 3. The Hall–Kier alpha value is -0.160. The van der Waals surface area contributed by atoms with Crippen molar-refractivity contribution in [1.29, 1.82) is 0 Å². The van der Waals surface area contributed by atoms with Gasteiger partial charge in [0.15, 0.2) is 0 Å². The highest BCUT2D eigenvalue weighted by atomic mass is 15.3. The van der Waals surface area contributed by atoms with Crippen molar-refractivity contribution in [3.05, 3.63) is 0 Å². The lowest BCUT2D eigenvalue weighted by molar-refractivity contribution is 0.176. The molecule has 0 saturated carbocycles. The van der Waals surface area contributed by atoms with Crippen molar-refractivity contribution in [3.8, 4) is 0 Å². The molecule has 2 saturated heterocycles. The maximum absolute atomic E-state index is 3.68. The number of nitrogens with one attached hydrogen (secondary N) is 2. The molecule has 0 radical (unpaired) electrons. The zero-order valence-electron chi connectivity index (χ0n) is 9.84. The van der Waals surface area contributed by atoms with Crippen LogP contribution in [0.5, 0.6) is 0 Å². The van der Waals surface area contributed by atoms with E-state index >= 15 is 0 Å². The van der Waals surface area contributed by atoms with Crippen molar-refractivity contribution < 1.29 is 0 Å². The molecule has 4 heteroatoms. The van der Waals surface area contributed by atoms with E-state index in [9.17, 15) is 0 Å². The molecule has 88 valence electrons. The largest absolute Gasteiger partial charge is 0.314 e. The number of likely N-dealkylation sites (N-methyl/N-ethyl adjacent to an activating group) is 1. The van der Waals surface area contributed by atoms with Crippen LogP contribution in [-0.2, 0) is 0 Å². The molecular weight excluding hydrogens is 188 g/mol. The van der Waals surface area contributed by atoms with Crippen molar-refractivity contribution in [3.63, 3.8) is 0 Å². The van der Waals surface area contributed by atoms with Crippen molar-refractivity contribution in [2.75, 3.05) is 53.0 Å². The lowest BCUT2D eigenvalue weighted by Crippen LogP contribution is -2.51. The number of piperidine rings is 1. The number of nitrogens with zero attached hydrogens (tertiary/aromatic N) is 2. The van der Waals surface area contributed by atoms with Gasteiger partial charge in [-0.3, -0.25) is 4.90 Å². The minimum atomic E-state index is 0.707. The smallest absolute Gasteiger partial charge is 0.0484 e. The molecule has 1 unspecified atom stereocenters. The molecule has 0 bridgehead atoms. The van der Waals surface area contributed by atoms with Gasteiger partial charge in [-0.1, -0.05) is 0 Å². The Labute approximate surface area is 93.0 Å². The van der Waals surface area contributed by atoms with Gasteiger partial charge in [0.05, 0.1) is 0 Å². The van der Waals surface area contributed by atoms with Crippen LogP contribution in [0.25, 0.3) is 0 Å². The SMILES string of the molecule is CN1CCCC(NCN2CCNCC2)C1. The fourth-order valence-corrected chi connectivity index (χ4v) is 2.46. The number of likely N-dealkylation sites (tertiary alicyclic amines) is 1. The summed E-state index contributed by atoms with van der Waals surface area (Å²) in [6.45, 7) is 8.22. The molecule has 0 aromatic rings. The highest BCUT2D eigenvalue weighted by Crippen LogP contribution is 2.07. The maximum Gasteiger partial charge on any atom is 0.0484 e. The molecular formula is C11H24N4. The second kappa shape index (κ2) is 5.80. The Morgan fingerprint density at radius 2 is 2.07 bits per heavy atom. The van der Waals surface area contributed by atoms with Crippen LogP contribution in [0.15, 0.2) is 0 Å². The quantitative estimate of drug-likeness (QED) is 0.662. The van der Waals surface area contributed by atoms with E-state index in [1.165, 1.54) is 39.0 Å². The molecule has 2 aliphatic heterocycles. The van der Waals surface area contributed by atoms with Crippen LogP contribution in [0.4, 0.5) is 0 Å². The van der Waals surface area contributed by atoms with Gasteiger partial charge < -0.3 is 15.5 Å². The number of piperazine rings is 1. The highest BCUT2D eigenvalue weighted by Gasteiger charge is 2.17. The van der Waals surface area contributed by atoms with Gasteiger partial charge in [-0.05, 0) is 26.4 Å². The summed E-state index contributed by atoms with van der Waals surface area (Å²) in [6.07, 6.45) is 2.69. The second-order valence-electron chi connectivity index (χ2n) is 4.83. The van der Waals surface area contributed by atoms with Crippen LogP contribution in [0, 0.1) is 0 Å². The van der Waals surface area contributed by atoms with E-state index in [1.54, 1.807) is 0 Å². The molecule has 2 rings (SSSR count). The Balaban J connectivity index is 1.63. The van der Waals surface area contributed by atoms with Gasteiger partial charge in [0.25, 0.3) is 0 Å². The van der Waals surface area contributed by atoms with E-state index in [-0.39, 0.29) is 0 Å². The minimum Gasteiger partial charge on any atom is -0.314 e. The fraction of sp³-hybridized carbons (Fsp3) is 1.00. The summed E-state index contributed by atoms with van der Waals surface area (Å²) in [6, 6.07) is 0.707. The van der Waals surface area contributed by atoms with Crippen molar-refractivity contribution in [1.82, 2.24) is 20.4 Å². The van der Waals surface area contributed by atoms with Crippen LogP contribution in [0.2, 0.25) is 0 Å². The first-order valence-corrected chi connectivity index (χ1v) is 6.19. The van der Waals surface area contributed by atoms with Gasteiger partial charge in [-0.15, -0.1) is 0 Å². The second-order valence-corrected chi connectivity index (χ2v) is 4.83. The summed E-state index contributed by atoms with van der Waals surface area (Å²) in [7, 11) is 2.22. The first-order valence-electron chi connectivity index (χ1n) is 6.19. The molecule has 0 aliphatic carbocycles. The van der Waals surface area contributed by atoms with Crippen LogP contribution in [0.3, 0.4) is 0 Å². The third-order valence-electron chi connectivity index (χ3n) is 3.44. The molecule has 2 heterocycles. The Morgan fingerprint density at radius 3 is 2.80 bits per heavy atom. The monoisotopic (exact) mass is 212 g/mol. The molecule has 2 aliphatic rings. The van der Waals surface area contributed by atoms with E-state index in [1.807, 2.05) is 0 Å². The van der Waals surface area contributed by atoms with E-state index < -0.39 is 0 Å². The fourth-order valence-electron chi connectivity index (χ4n) is 2.46. The zero-order valence-corrected chi connectivity index (χ0v) is 9.84. The first-order chi connectivity index (χ1) is 7.34. The predicted molar refractivity (Wildman–Crippen MR) is 63.0 cm³/mol. The average Bonchev–Trinajstić information content (AvgIpc) is 2.28. The zero-order chi connectivity index (χ0) is 10.5. The van der Waals surface area contributed by atoms with Crippen molar-refractivity contribution in [2.45, 2.75) is 18.9 Å². The topological polar surface area (TPSA) is 30.5 Å². The summed E-state index contributed by atoms with van der Waals surface area (Å²) >= 11 is 0. The van der Waals surface area contributed by atoms with E-state index in [2.05, 4.69) is 27.5 Å². The van der Waals surface area contributed by atoms with E-state index in [4.69, 9.17) is 0 Å². The number of hydrogen-bond acceptors (Lipinski definition) is 4. The van der Waals surface area contributed by atoms with Gasteiger partial charge in [0.2, 0.25) is 0 Å². The standard InChI is InChI=1S/C11H24N4/c1-14-6-2-3-11(9-14)13-10-15-7-4-12-5-8-15/h11-13H,2-10H2,1H3. The predicted octanol–water partition coefficient (Wildman–Crippen LogP) is -0.467. The van der Waals surface area contributed by atoms with Crippen molar-refractivity contribution in [2.24, 2.45) is 0 Å². The normalized spacial score (nSPS) is 30.6. The molecule has 0 amide bonds. The first kappa shape index (κ1) is 11.3. The van der Waals surface area contributed by atoms with Crippen LogP contribution < -0.4 is 10.6 Å². The minimum absolute atomic E-state index is 0.707. The van der Waals surface area contributed by atoms with Gasteiger partial charge >= 0.3 is 0 Å². The lowest BCUT2D eigenvalue weighted by Gasteiger charge is -2.33. The molecule has 0 aromatic heterocycles.